The minimum absolute atomic E-state index is 0.518. The van der Waals surface area contributed by atoms with E-state index in [1.54, 1.807) is 0 Å². The first-order valence-electron chi connectivity index (χ1n) is 6.14. The van der Waals surface area contributed by atoms with Gasteiger partial charge in [-0.2, -0.15) is 0 Å². The van der Waals surface area contributed by atoms with Crippen LogP contribution in [0.1, 0.15) is 18.7 Å². The van der Waals surface area contributed by atoms with Crippen LogP contribution in [0.4, 0.5) is 5.82 Å². The van der Waals surface area contributed by atoms with Gasteiger partial charge >= 0.3 is 0 Å². The maximum Gasteiger partial charge on any atom is 0.132 e. The lowest BCUT2D eigenvalue weighted by atomic mass is 10.1. The van der Waals surface area contributed by atoms with Gasteiger partial charge in [-0.05, 0) is 25.5 Å². The van der Waals surface area contributed by atoms with E-state index >= 15 is 0 Å². The zero-order valence-electron chi connectivity index (χ0n) is 10.3. The Morgan fingerprint density at radius 3 is 2.94 bits per heavy atom. The molecule has 0 saturated carbocycles. The predicted molar refractivity (Wildman–Crippen MR) is 67.0 cm³/mol. The molecule has 1 aromatic rings. The summed E-state index contributed by atoms with van der Waals surface area (Å²) in [6.07, 6.45) is 4.66. The van der Waals surface area contributed by atoms with Crippen molar-refractivity contribution in [3.63, 3.8) is 0 Å². The zero-order chi connectivity index (χ0) is 12.1. The molecular formula is C12H20N4O. The molecule has 0 bridgehead atoms. The van der Waals surface area contributed by atoms with Crippen LogP contribution in [0.5, 0.6) is 0 Å². The lowest BCUT2D eigenvalue weighted by molar-refractivity contribution is 0.0853. The molecule has 0 amide bonds. The lowest BCUT2D eigenvalue weighted by Gasteiger charge is -2.32. The first-order valence-corrected chi connectivity index (χ1v) is 6.14. The standard InChI is InChI=1S/C12H20N4O/c1-16(10-4-8-17-9-5-10)12-3-7-14-11(15-12)2-6-13/h3,7,10H,2,4-6,8-9,13H2,1H3. The quantitative estimate of drug-likeness (QED) is 0.829. The Morgan fingerprint density at radius 1 is 1.47 bits per heavy atom. The molecule has 94 valence electrons. The molecule has 2 heterocycles. The third-order valence-electron chi connectivity index (χ3n) is 3.16. The van der Waals surface area contributed by atoms with Crippen molar-refractivity contribution in [3.05, 3.63) is 18.1 Å². The van der Waals surface area contributed by atoms with E-state index in [-0.39, 0.29) is 0 Å². The van der Waals surface area contributed by atoms with Gasteiger partial charge in [0.15, 0.2) is 0 Å². The second kappa shape index (κ2) is 5.93. The molecule has 0 radical (unpaired) electrons. The smallest absolute Gasteiger partial charge is 0.132 e. The highest BCUT2D eigenvalue weighted by atomic mass is 16.5. The summed E-state index contributed by atoms with van der Waals surface area (Å²) in [7, 11) is 2.09. The van der Waals surface area contributed by atoms with Crippen LogP contribution < -0.4 is 10.6 Å². The minimum atomic E-state index is 0.518. The molecule has 0 spiro atoms. The van der Waals surface area contributed by atoms with E-state index in [4.69, 9.17) is 10.5 Å². The highest BCUT2D eigenvalue weighted by Gasteiger charge is 2.19. The molecule has 0 atom stereocenters. The van der Waals surface area contributed by atoms with Crippen molar-refractivity contribution < 1.29 is 4.74 Å². The Balaban J connectivity index is 2.06. The molecule has 5 heteroatoms. The maximum absolute atomic E-state index is 5.52. The molecule has 1 aliphatic heterocycles. The van der Waals surface area contributed by atoms with Crippen LogP contribution in [0.3, 0.4) is 0 Å². The van der Waals surface area contributed by atoms with Crippen LogP contribution in [0.25, 0.3) is 0 Å². The zero-order valence-corrected chi connectivity index (χ0v) is 10.3. The van der Waals surface area contributed by atoms with Gasteiger partial charge < -0.3 is 15.4 Å². The predicted octanol–water partition coefficient (Wildman–Crippen LogP) is 0.593. The van der Waals surface area contributed by atoms with Gasteiger partial charge in [0.1, 0.15) is 11.6 Å². The Hall–Kier alpha value is -1.20. The first kappa shape index (κ1) is 12.3. The number of nitrogens with two attached hydrogens (primary N) is 1. The van der Waals surface area contributed by atoms with Gasteiger partial charge in [-0.1, -0.05) is 0 Å². The number of hydrogen-bond acceptors (Lipinski definition) is 5. The fraction of sp³-hybridized carbons (Fsp3) is 0.667. The number of aromatic nitrogens is 2. The second-order valence-electron chi connectivity index (χ2n) is 4.32. The third-order valence-corrected chi connectivity index (χ3v) is 3.16. The van der Waals surface area contributed by atoms with Crippen LogP contribution >= 0.6 is 0 Å². The highest BCUT2D eigenvalue weighted by molar-refractivity contribution is 5.37. The molecule has 17 heavy (non-hydrogen) atoms. The molecule has 0 aliphatic carbocycles. The highest BCUT2D eigenvalue weighted by Crippen LogP contribution is 2.18. The van der Waals surface area contributed by atoms with E-state index in [0.29, 0.717) is 12.6 Å². The SMILES string of the molecule is CN(c1ccnc(CCN)n1)C1CCOCC1. The van der Waals surface area contributed by atoms with E-state index < -0.39 is 0 Å². The normalized spacial score (nSPS) is 17.1. The van der Waals surface area contributed by atoms with Crippen molar-refractivity contribution in [1.29, 1.82) is 0 Å². The average molecular weight is 236 g/mol. The van der Waals surface area contributed by atoms with E-state index in [9.17, 15) is 0 Å². The lowest BCUT2D eigenvalue weighted by Crippen LogP contribution is -2.37. The van der Waals surface area contributed by atoms with Crippen LogP contribution in [0.15, 0.2) is 12.3 Å². The van der Waals surface area contributed by atoms with E-state index in [1.807, 2.05) is 12.3 Å². The van der Waals surface area contributed by atoms with Crippen LogP contribution in [0.2, 0.25) is 0 Å². The minimum Gasteiger partial charge on any atom is -0.381 e. The molecule has 1 aromatic heterocycles. The Kier molecular flexibility index (Phi) is 4.28. The molecule has 1 aliphatic rings. The summed E-state index contributed by atoms with van der Waals surface area (Å²) >= 11 is 0. The van der Waals surface area contributed by atoms with Crippen LogP contribution in [0, 0.1) is 0 Å². The van der Waals surface area contributed by atoms with Crippen molar-refractivity contribution >= 4 is 5.82 Å². The fourth-order valence-electron chi connectivity index (χ4n) is 2.09. The van der Waals surface area contributed by atoms with E-state index in [1.165, 1.54) is 0 Å². The molecule has 1 fully saturated rings. The molecule has 2 rings (SSSR count). The summed E-state index contributed by atoms with van der Waals surface area (Å²) in [4.78, 5) is 11.0. The number of ether oxygens (including phenoxy) is 1. The number of anilines is 1. The van der Waals surface area contributed by atoms with Gasteiger partial charge in [0.25, 0.3) is 0 Å². The summed E-state index contributed by atoms with van der Waals surface area (Å²) in [6.45, 7) is 2.27. The summed E-state index contributed by atoms with van der Waals surface area (Å²) in [5, 5.41) is 0. The number of nitrogens with zero attached hydrogens (tertiary/aromatic N) is 3. The molecule has 2 N–H and O–H groups in total. The summed E-state index contributed by atoms with van der Waals surface area (Å²) in [6, 6.07) is 2.47. The second-order valence-corrected chi connectivity index (χ2v) is 4.32. The van der Waals surface area contributed by atoms with Crippen molar-refractivity contribution in [2.45, 2.75) is 25.3 Å². The molecule has 0 aromatic carbocycles. The Bertz CT molecular complexity index is 352. The summed E-state index contributed by atoms with van der Waals surface area (Å²) in [5.41, 5.74) is 5.52. The summed E-state index contributed by atoms with van der Waals surface area (Å²) < 4.78 is 5.37. The van der Waals surface area contributed by atoms with Gasteiger partial charge in [-0.3, -0.25) is 0 Å². The topological polar surface area (TPSA) is 64.3 Å². The number of rotatable bonds is 4. The van der Waals surface area contributed by atoms with Crippen LogP contribution in [-0.2, 0) is 11.2 Å². The van der Waals surface area contributed by atoms with Gasteiger partial charge in [0.2, 0.25) is 0 Å². The number of hydrogen-bond donors (Lipinski definition) is 1. The monoisotopic (exact) mass is 236 g/mol. The van der Waals surface area contributed by atoms with Gasteiger partial charge in [-0.25, -0.2) is 9.97 Å². The molecule has 5 nitrogen and oxygen atoms in total. The van der Waals surface area contributed by atoms with Gasteiger partial charge in [0.05, 0.1) is 0 Å². The van der Waals surface area contributed by atoms with E-state index in [0.717, 1.165) is 44.1 Å². The van der Waals surface area contributed by atoms with E-state index in [2.05, 4.69) is 21.9 Å². The van der Waals surface area contributed by atoms with Crippen molar-refractivity contribution in [2.24, 2.45) is 5.73 Å². The average Bonchev–Trinajstić information content (AvgIpc) is 2.40. The Labute approximate surface area is 102 Å². The van der Waals surface area contributed by atoms with Gasteiger partial charge in [-0.15, -0.1) is 0 Å². The largest absolute Gasteiger partial charge is 0.381 e. The molecule has 0 unspecified atom stereocenters. The van der Waals surface area contributed by atoms with Gasteiger partial charge in [0, 0.05) is 38.9 Å². The third kappa shape index (κ3) is 3.14. The van der Waals surface area contributed by atoms with Crippen molar-refractivity contribution in [2.75, 3.05) is 31.7 Å². The van der Waals surface area contributed by atoms with Crippen LogP contribution in [-0.4, -0.2) is 42.8 Å². The summed E-state index contributed by atoms with van der Waals surface area (Å²) in [5.74, 6) is 1.80. The molecule has 1 saturated heterocycles. The van der Waals surface area contributed by atoms with Crippen molar-refractivity contribution in [1.82, 2.24) is 9.97 Å². The maximum atomic E-state index is 5.52. The molecular weight excluding hydrogens is 216 g/mol. The first-order chi connectivity index (χ1) is 8.31. The fourth-order valence-corrected chi connectivity index (χ4v) is 2.09. The van der Waals surface area contributed by atoms with Crippen molar-refractivity contribution in [3.8, 4) is 0 Å². The Morgan fingerprint density at radius 2 is 2.24 bits per heavy atom.